The van der Waals surface area contributed by atoms with Gasteiger partial charge in [0.15, 0.2) is 0 Å². The van der Waals surface area contributed by atoms with E-state index < -0.39 is 0 Å². The van der Waals surface area contributed by atoms with E-state index in [1.54, 1.807) is 0 Å². The number of piperidine rings is 1. The molecule has 0 atom stereocenters. The molecule has 1 aromatic heterocycles. The Morgan fingerprint density at radius 2 is 2.21 bits per heavy atom. The zero-order chi connectivity index (χ0) is 16.9. The molecule has 0 saturated carbocycles. The molecule has 128 valence electrons. The minimum absolute atomic E-state index is 0.126. The van der Waals surface area contributed by atoms with Crippen molar-refractivity contribution in [3.8, 4) is 11.4 Å². The quantitative estimate of drug-likeness (QED) is 0.846. The Morgan fingerprint density at radius 1 is 1.42 bits per heavy atom. The number of hydrogen-bond acceptors (Lipinski definition) is 5. The standard InChI is InChI=1S/C17H21BrN4O2/c1-2-19-17(23)12-6-8-22(9-7-12)11-15-20-16(21-24-15)13-4-3-5-14(18)10-13/h3-5,10,12H,2,6-9,11H2,1H3,(H,19,23). The van der Waals surface area contributed by atoms with Gasteiger partial charge in [-0.05, 0) is 45.0 Å². The number of rotatable bonds is 5. The molecule has 0 unspecified atom stereocenters. The number of benzene rings is 1. The van der Waals surface area contributed by atoms with Gasteiger partial charge in [0.2, 0.25) is 17.6 Å². The summed E-state index contributed by atoms with van der Waals surface area (Å²) in [5, 5.41) is 6.97. The molecule has 7 heteroatoms. The van der Waals surface area contributed by atoms with Crippen LogP contribution in [0.2, 0.25) is 0 Å². The fourth-order valence-electron chi connectivity index (χ4n) is 2.93. The minimum atomic E-state index is 0.126. The first-order valence-electron chi connectivity index (χ1n) is 8.24. The summed E-state index contributed by atoms with van der Waals surface area (Å²) in [5.41, 5.74) is 0.925. The fourth-order valence-corrected chi connectivity index (χ4v) is 3.33. The summed E-state index contributed by atoms with van der Waals surface area (Å²) >= 11 is 3.45. The topological polar surface area (TPSA) is 71.3 Å². The molecule has 1 fully saturated rings. The zero-order valence-electron chi connectivity index (χ0n) is 13.7. The molecule has 3 rings (SSSR count). The molecule has 1 aromatic carbocycles. The number of amides is 1. The van der Waals surface area contributed by atoms with Crippen LogP contribution in [-0.2, 0) is 11.3 Å². The predicted molar refractivity (Wildman–Crippen MR) is 94.1 cm³/mol. The Labute approximate surface area is 149 Å². The van der Waals surface area contributed by atoms with Crippen molar-refractivity contribution in [3.05, 3.63) is 34.6 Å². The Hall–Kier alpha value is -1.73. The Balaban J connectivity index is 1.56. The third-order valence-electron chi connectivity index (χ3n) is 4.22. The SMILES string of the molecule is CCNC(=O)C1CCN(Cc2nc(-c3cccc(Br)c3)no2)CC1. The molecule has 1 N–H and O–H groups in total. The molecule has 1 saturated heterocycles. The Kier molecular flexibility index (Phi) is 5.63. The number of halogens is 1. The van der Waals surface area contributed by atoms with Crippen molar-refractivity contribution in [2.24, 2.45) is 5.92 Å². The third-order valence-corrected chi connectivity index (χ3v) is 4.71. The molecule has 2 heterocycles. The van der Waals surface area contributed by atoms with Gasteiger partial charge in [-0.15, -0.1) is 0 Å². The third kappa shape index (κ3) is 4.21. The van der Waals surface area contributed by atoms with E-state index in [1.807, 2.05) is 31.2 Å². The molecule has 0 spiro atoms. The van der Waals surface area contributed by atoms with Crippen molar-refractivity contribution in [1.82, 2.24) is 20.4 Å². The lowest BCUT2D eigenvalue weighted by molar-refractivity contribution is -0.126. The molecule has 0 aliphatic carbocycles. The monoisotopic (exact) mass is 392 g/mol. The molecule has 6 nitrogen and oxygen atoms in total. The van der Waals surface area contributed by atoms with Crippen LogP contribution in [0.1, 0.15) is 25.7 Å². The smallest absolute Gasteiger partial charge is 0.241 e. The largest absolute Gasteiger partial charge is 0.356 e. The second kappa shape index (κ2) is 7.90. The van der Waals surface area contributed by atoms with E-state index in [0.717, 1.165) is 36.0 Å². The molecular weight excluding hydrogens is 372 g/mol. The van der Waals surface area contributed by atoms with Gasteiger partial charge in [0.05, 0.1) is 6.54 Å². The van der Waals surface area contributed by atoms with Crippen LogP contribution < -0.4 is 5.32 Å². The summed E-state index contributed by atoms with van der Waals surface area (Å²) < 4.78 is 6.36. The second-order valence-electron chi connectivity index (χ2n) is 5.97. The van der Waals surface area contributed by atoms with Crippen LogP contribution >= 0.6 is 15.9 Å². The Morgan fingerprint density at radius 3 is 2.92 bits per heavy atom. The van der Waals surface area contributed by atoms with Gasteiger partial charge in [-0.25, -0.2) is 0 Å². The first-order valence-corrected chi connectivity index (χ1v) is 9.03. The van der Waals surface area contributed by atoms with Gasteiger partial charge in [-0.2, -0.15) is 4.98 Å². The zero-order valence-corrected chi connectivity index (χ0v) is 15.3. The maximum absolute atomic E-state index is 11.9. The molecule has 0 radical (unpaired) electrons. The van der Waals surface area contributed by atoms with E-state index in [-0.39, 0.29) is 11.8 Å². The van der Waals surface area contributed by atoms with Crippen molar-refractivity contribution in [2.75, 3.05) is 19.6 Å². The van der Waals surface area contributed by atoms with Crippen LogP contribution in [0.4, 0.5) is 0 Å². The summed E-state index contributed by atoms with van der Waals surface area (Å²) in [6.07, 6.45) is 1.75. The highest BCUT2D eigenvalue weighted by Crippen LogP contribution is 2.22. The van der Waals surface area contributed by atoms with E-state index in [4.69, 9.17) is 4.52 Å². The van der Waals surface area contributed by atoms with Crippen molar-refractivity contribution < 1.29 is 9.32 Å². The highest BCUT2D eigenvalue weighted by atomic mass is 79.9. The van der Waals surface area contributed by atoms with Gasteiger partial charge < -0.3 is 9.84 Å². The molecular formula is C17H21BrN4O2. The molecule has 24 heavy (non-hydrogen) atoms. The lowest BCUT2D eigenvalue weighted by Gasteiger charge is -2.30. The normalized spacial score (nSPS) is 16.2. The van der Waals surface area contributed by atoms with E-state index in [2.05, 4.69) is 36.3 Å². The van der Waals surface area contributed by atoms with Crippen molar-refractivity contribution in [2.45, 2.75) is 26.3 Å². The minimum Gasteiger partial charge on any atom is -0.356 e. The van der Waals surface area contributed by atoms with Crippen LogP contribution in [0.3, 0.4) is 0 Å². The number of nitrogens with one attached hydrogen (secondary N) is 1. The van der Waals surface area contributed by atoms with E-state index in [1.165, 1.54) is 0 Å². The lowest BCUT2D eigenvalue weighted by atomic mass is 9.96. The van der Waals surface area contributed by atoms with E-state index in [0.29, 0.717) is 24.8 Å². The summed E-state index contributed by atoms with van der Waals surface area (Å²) in [4.78, 5) is 18.6. The van der Waals surface area contributed by atoms with E-state index >= 15 is 0 Å². The van der Waals surface area contributed by atoms with Crippen LogP contribution in [0.25, 0.3) is 11.4 Å². The summed E-state index contributed by atoms with van der Waals surface area (Å²) in [6.45, 7) is 5.01. The van der Waals surface area contributed by atoms with Crippen molar-refractivity contribution in [3.63, 3.8) is 0 Å². The average Bonchev–Trinajstić information content (AvgIpc) is 3.04. The van der Waals surface area contributed by atoms with Crippen LogP contribution in [0.5, 0.6) is 0 Å². The molecule has 1 aliphatic rings. The second-order valence-corrected chi connectivity index (χ2v) is 6.88. The van der Waals surface area contributed by atoms with E-state index in [9.17, 15) is 4.79 Å². The van der Waals surface area contributed by atoms with Gasteiger partial charge in [0, 0.05) is 22.5 Å². The summed E-state index contributed by atoms with van der Waals surface area (Å²) in [6, 6.07) is 7.83. The summed E-state index contributed by atoms with van der Waals surface area (Å²) in [7, 11) is 0. The average molecular weight is 393 g/mol. The first kappa shape index (κ1) is 17.1. The number of aromatic nitrogens is 2. The van der Waals surface area contributed by atoms with Crippen LogP contribution in [0, 0.1) is 5.92 Å². The summed E-state index contributed by atoms with van der Waals surface area (Å²) in [5.74, 6) is 1.51. The highest BCUT2D eigenvalue weighted by Gasteiger charge is 2.25. The number of hydrogen-bond donors (Lipinski definition) is 1. The lowest BCUT2D eigenvalue weighted by Crippen LogP contribution is -2.40. The number of carbonyl (C=O) groups is 1. The molecule has 1 amide bonds. The number of carbonyl (C=O) groups excluding carboxylic acids is 1. The Bertz CT molecular complexity index is 695. The van der Waals surface area contributed by atoms with Gasteiger partial charge >= 0.3 is 0 Å². The van der Waals surface area contributed by atoms with Gasteiger partial charge in [0.25, 0.3) is 0 Å². The maximum atomic E-state index is 11.9. The molecule has 1 aliphatic heterocycles. The maximum Gasteiger partial charge on any atom is 0.241 e. The molecule has 2 aromatic rings. The van der Waals surface area contributed by atoms with Gasteiger partial charge in [-0.1, -0.05) is 33.2 Å². The predicted octanol–water partition coefficient (Wildman–Crippen LogP) is 2.85. The fraction of sp³-hybridized carbons (Fsp3) is 0.471. The first-order chi connectivity index (χ1) is 11.7. The molecule has 0 bridgehead atoms. The van der Waals surface area contributed by atoms with Crippen LogP contribution in [-0.4, -0.2) is 40.6 Å². The number of likely N-dealkylation sites (tertiary alicyclic amines) is 1. The van der Waals surface area contributed by atoms with Gasteiger partial charge in [-0.3, -0.25) is 9.69 Å². The van der Waals surface area contributed by atoms with Crippen molar-refractivity contribution >= 4 is 21.8 Å². The number of nitrogens with zero attached hydrogens (tertiary/aromatic N) is 3. The highest BCUT2D eigenvalue weighted by molar-refractivity contribution is 9.10. The van der Waals surface area contributed by atoms with Gasteiger partial charge in [0.1, 0.15) is 0 Å². The van der Waals surface area contributed by atoms with Crippen molar-refractivity contribution in [1.29, 1.82) is 0 Å². The van der Waals surface area contributed by atoms with Crippen LogP contribution in [0.15, 0.2) is 33.3 Å².